The quantitative estimate of drug-likeness (QED) is 0.805. The molecular weight excluding hydrogens is 216 g/mol. The lowest BCUT2D eigenvalue weighted by atomic mass is 10.2. The van der Waals surface area contributed by atoms with Crippen molar-refractivity contribution in [2.45, 2.75) is 19.1 Å². The van der Waals surface area contributed by atoms with Gasteiger partial charge in [-0.2, -0.15) is 0 Å². The van der Waals surface area contributed by atoms with Crippen LogP contribution in [0.5, 0.6) is 0 Å². The number of hydrogen-bond acceptors (Lipinski definition) is 4. The van der Waals surface area contributed by atoms with Crippen molar-refractivity contribution in [3.05, 3.63) is 24.3 Å². The Morgan fingerprint density at radius 1 is 1.29 bits per heavy atom. The zero-order chi connectivity index (χ0) is 12.3. The Bertz CT molecular complexity index is 370. The average Bonchev–Trinajstić information content (AvgIpc) is 2.73. The molecular formula is C13H20N2O2. The molecule has 0 aromatic heterocycles. The molecule has 2 rings (SSSR count). The van der Waals surface area contributed by atoms with E-state index in [4.69, 9.17) is 15.2 Å². The molecule has 0 amide bonds. The number of methoxy groups -OCH3 is 1. The third-order valence-electron chi connectivity index (χ3n) is 3.18. The molecule has 4 heteroatoms. The van der Waals surface area contributed by atoms with Crippen LogP contribution in [-0.4, -0.2) is 39.0 Å². The fraction of sp³-hybridized carbons (Fsp3) is 0.538. The third-order valence-corrected chi connectivity index (χ3v) is 3.18. The Morgan fingerprint density at radius 2 is 2.00 bits per heavy atom. The van der Waals surface area contributed by atoms with E-state index < -0.39 is 0 Å². The molecule has 0 spiro atoms. The highest BCUT2D eigenvalue weighted by Crippen LogP contribution is 2.28. The van der Waals surface area contributed by atoms with Crippen LogP contribution in [0, 0.1) is 0 Å². The molecule has 4 nitrogen and oxygen atoms in total. The van der Waals surface area contributed by atoms with Gasteiger partial charge in [-0.3, -0.25) is 0 Å². The van der Waals surface area contributed by atoms with Gasteiger partial charge in [-0.05, 0) is 19.1 Å². The van der Waals surface area contributed by atoms with Crippen LogP contribution in [0.15, 0.2) is 24.3 Å². The van der Waals surface area contributed by atoms with Crippen LogP contribution in [0.2, 0.25) is 0 Å². The molecule has 94 valence electrons. The van der Waals surface area contributed by atoms with E-state index in [0.29, 0.717) is 6.61 Å². The molecule has 2 N–H and O–H groups in total. The summed E-state index contributed by atoms with van der Waals surface area (Å²) in [5.41, 5.74) is 7.85. The first-order valence-corrected chi connectivity index (χ1v) is 6.00. The molecule has 2 unspecified atom stereocenters. The van der Waals surface area contributed by atoms with Crippen LogP contribution in [0.4, 0.5) is 11.4 Å². The van der Waals surface area contributed by atoms with Crippen LogP contribution in [0.1, 0.15) is 6.92 Å². The highest BCUT2D eigenvalue weighted by molar-refractivity contribution is 5.67. The Morgan fingerprint density at radius 3 is 2.65 bits per heavy atom. The lowest BCUT2D eigenvalue weighted by Crippen LogP contribution is -2.28. The van der Waals surface area contributed by atoms with E-state index in [0.717, 1.165) is 24.5 Å². The molecule has 0 saturated carbocycles. The largest absolute Gasteiger partial charge is 0.397 e. The van der Waals surface area contributed by atoms with Crippen LogP contribution >= 0.6 is 0 Å². The smallest absolute Gasteiger partial charge is 0.103 e. The molecule has 1 heterocycles. The van der Waals surface area contributed by atoms with Crippen molar-refractivity contribution in [2.75, 3.05) is 37.4 Å². The van der Waals surface area contributed by atoms with Crippen molar-refractivity contribution in [3.63, 3.8) is 0 Å². The molecule has 1 saturated heterocycles. The summed E-state index contributed by atoms with van der Waals surface area (Å²) in [6.45, 7) is 4.38. The standard InChI is InChI=1S/C13H20N2O2/c1-3-17-13-9-15(8-12(13)16-2)11-7-5-4-6-10(11)14/h4-7,12-13H,3,8-9,14H2,1-2H3. The summed E-state index contributed by atoms with van der Waals surface area (Å²) in [6.07, 6.45) is 0.249. The molecule has 0 aliphatic carbocycles. The Labute approximate surface area is 102 Å². The lowest BCUT2D eigenvalue weighted by molar-refractivity contribution is -0.0232. The van der Waals surface area contributed by atoms with Gasteiger partial charge in [0.25, 0.3) is 0 Å². The summed E-state index contributed by atoms with van der Waals surface area (Å²) >= 11 is 0. The second kappa shape index (κ2) is 5.38. The Kier molecular flexibility index (Phi) is 3.86. The first-order chi connectivity index (χ1) is 8.26. The number of nitrogens with two attached hydrogens (primary N) is 1. The van der Waals surface area contributed by atoms with Gasteiger partial charge in [0.05, 0.1) is 11.4 Å². The van der Waals surface area contributed by atoms with Crippen molar-refractivity contribution >= 4 is 11.4 Å². The van der Waals surface area contributed by atoms with Gasteiger partial charge in [-0.15, -0.1) is 0 Å². The number of benzene rings is 1. The van der Waals surface area contributed by atoms with E-state index in [-0.39, 0.29) is 12.2 Å². The number of hydrogen-bond donors (Lipinski definition) is 1. The SMILES string of the molecule is CCOC1CN(c2ccccc2N)CC1OC. The number of ether oxygens (including phenoxy) is 2. The maximum atomic E-state index is 5.98. The topological polar surface area (TPSA) is 47.7 Å². The summed E-state index contributed by atoms with van der Waals surface area (Å²) in [5, 5.41) is 0. The van der Waals surface area contributed by atoms with Gasteiger partial charge in [0.2, 0.25) is 0 Å². The van der Waals surface area contributed by atoms with Crippen LogP contribution in [-0.2, 0) is 9.47 Å². The van der Waals surface area contributed by atoms with Crippen LogP contribution in [0.3, 0.4) is 0 Å². The molecule has 17 heavy (non-hydrogen) atoms. The second-order valence-electron chi connectivity index (χ2n) is 4.23. The zero-order valence-electron chi connectivity index (χ0n) is 10.4. The predicted molar refractivity (Wildman–Crippen MR) is 69.3 cm³/mol. The zero-order valence-corrected chi connectivity index (χ0v) is 10.4. The first-order valence-electron chi connectivity index (χ1n) is 6.00. The van der Waals surface area contributed by atoms with Gasteiger partial charge in [0.15, 0.2) is 0 Å². The van der Waals surface area contributed by atoms with Gasteiger partial charge in [0.1, 0.15) is 12.2 Å². The van der Waals surface area contributed by atoms with E-state index in [1.807, 2.05) is 31.2 Å². The lowest BCUT2D eigenvalue weighted by Gasteiger charge is -2.19. The van der Waals surface area contributed by atoms with E-state index >= 15 is 0 Å². The minimum absolute atomic E-state index is 0.120. The van der Waals surface area contributed by atoms with Crippen molar-refractivity contribution in [2.24, 2.45) is 0 Å². The number of anilines is 2. The third kappa shape index (κ3) is 2.53. The van der Waals surface area contributed by atoms with E-state index in [1.54, 1.807) is 7.11 Å². The van der Waals surface area contributed by atoms with E-state index in [9.17, 15) is 0 Å². The minimum Gasteiger partial charge on any atom is -0.397 e. The Balaban J connectivity index is 2.12. The molecule has 1 aliphatic heterocycles. The van der Waals surface area contributed by atoms with Crippen LogP contribution in [0.25, 0.3) is 0 Å². The molecule has 2 atom stereocenters. The first kappa shape index (κ1) is 12.2. The predicted octanol–water partition coefficient (Wildman–Crippen LogP) is 1.51. The normalized spacial score (nSPS) is 24.2. The highest BCUT2D eigenvalue weighted by atomic mass is 16.5. The van der Waals surface area contributed by atoms with E-state index in [2.05, 4.69) is 4.90 Å². The summed E-state index contributed by atoms with van der Waals surface area (Å²) in [6, 6.07) is 7.91. The van der Waals surface area contributed by atoms with Crippen molar-refractivity contribution in [3.8, 4) is 0 Å². The van der Waals surface area contributed by atoms with Gasteiger partial charge in [-0.25, -0.2) is 0 Å². The van der Waals surface area contributed by atoms with Gasteiger partial charge >= 0.3 is 0 Å². The maximum absolute atomic E-state index is 5.98. The average molecular weight is 236 g/mol. The molecule has 0 radical (unpaired) electrons. The van der Waals surface area contributed by atoms with Crippen molar-refractivity contribution < 1.29 is 9.47 Å². The van der Waals surface area contributed by atoms with E-state index in [1.165, 1.54) is 0 Å². The van der Waals surface area contributed by atoms with Gasteiger partial charge in [0, 0.05) is 26.8 Å². The Hall–Kier alpha value is -1.26. The molecule has 1 aromatic rings. The summed E-state index contributed by atoms with van der Waals surface area (Å²) in [5.74, 6) is 0. The van der Waals surface area contributed by atoms with Gasteiger partial charge < -0.3 is 20.1 Å². The summed E-state index contributed by atoms with van der Waals surface area (Å²) in [4.78, 5) is 2.23. The highest BCUT2D eigenvalue weighted by Gasteiger charge is 2.33. The van der Waals surface area contributed by atoms with Crippen molar-refractivity contribution in [1.82, 2.24) is 0 Å². The number of nitrogen functional groups attached to an aromatic ring is 1. The molecule has 0 bridgehead atoms. The number of nitrogens with zero attached hydrogens (tertiary/aromatic N) is 1. The molecule has 1 aromatic carbocycles. The monoisotopic (exact) mass is 236 g/mol. The van der Waals surface area contributed by atoms with Gasteiger partial charge in [-0.1, -0.05) is 12.1 Å². The second-order valence-corrected chi connectivity index (χ2v) is 4.23. The minimum atomic E-state index is 0.120. The van der Waals surface area contributed by atoms with Crippen molar-refractivity contribution in [1.29, 1.82) is 0 Å². The van der Waals surface area contributed by atoms with Crippen LogP contribution < -0.4 is 10.6 Å². The molecule has 1 aliphatic rings. The fourth-order valence-corrected chi connectivity index (χ4v) is 2.32. The summed E-state index contributed by atoms with van der Waals surface area (Å²) in [7, 11) is 1.73. The summed E-state index contributed by atoms with van der Waals surface area (Å²) < 4.78 is 11.2. The fourth-order valence-electron chi connectivity index (χ4n) is 2.32. The number of para-hydroxylation sites is 2. The molecule has 1 fully saturated rings. The maximum Gasteiger partial charge on any atom is 0.103 e. The number of rotatable bonds is 4.